The molecule has 0 amide bonds. The highest BCUT2D eigenvalue weighted by atomic mass is 19.3. The number of alkyl halides is 2. The zero-order chi connectivity index (χ0) is 10.8. The smallest absolute Gasteiger partial charge is 0.394 e. The van der Waals surface area contributed by atoms with Gasteiger partial charge in [0, 0.05) is 6.07 Å². The second-order valence-electron chi connectivity index (χ2n) is 2.79. The van der Waals surface area contributed by atoms with Crippen LogP contribution < -0.4 is 4.74 Å². The fraction of sp³-hybridized carbons (Fsp3) is 0.222. The number of hydrogen-bond donors (Lipinski definition) is 0. The summed E-state index contributed by atoms with van der Waals surface area (Å²) >= 11 is 0. The molecule has 0 aliphatic heterocycles. The van der Waals surface area contributed by atoms with E-state index >= 15 is 0 Å². The van der Waals surface area contributed by atoms with E-state index in [-0.39, 0.29) is 11.7 Å². The Hall–Kier alpha value is -1.72. The van der Waals surface area contributed by atoms with Crippen molar-refractivity contribution in [1.82, 2.24) is 4.98 Å². The van der Waals surface area contributed by atoms with Gasteiger partial charge in [0.1, 0.15) is 11.3 Å². The molecule has 0 spiro atoms. The number of hydrogen-bond acceptors (Lipinski definition) is 3. The van der Waals surface area contributed by atoms with Crippen LogP contribution in [0.5, 0.6) is 6.08 Å². The molecule has 80 valence electrons. The first-order valence-corrected chi connectivity index (χ1v) is 4.12. The van der Waals surface area contributed by atoms with Crippen LogP contribution in [-0.4, -0.2) is 18.0 Å². The van der Waals surface area contributed by atoms with Gasteiger partial charge in [0.25, 0.3) is 6.43 Å². The van der Waals surface area contributed by atoms with Crippen LogP contribution in [0.4, 0.5) is 13.2 Å². The van der Waals surface area contributed by atoms with E-state index in [2.05, 4.69) is 9.72 Å². The molecule has 15 heavy (non-hydrogen) atoms. The summed E-state index contributed by atoms with van der Waals surface area (Å²) in [6.45, 7) is -0.796. The van der Waals surface area contributed by atoms with Crippen molar-refractivity contribution in [2.24, 2.45) is 0 Å². The van der Waals surface area contributed by atoms with Gasteiger partial charge < -0.3 is 9.15 Å². The lowest BCUT2D eigenvalue weighted by molar-refractivity contribution is 0.0668. The van der Waals surface area contributed by atoms with Gasteiger partial charge in [-0.1, -0.05) is 0 Å². The monoisotopic (exact) mass is 217 g/mol. The Bertz CT molecular complexity index is 469. The fourth-order valence-electron chi connectivity index (χ4n) is 1.07. The number of halogens is 3. The molecule has 1 aromatic heterocycles. The molecule has 1 aromatic carbocycles. The first-order valence-electron chi connectivity index (χ1n) is 4.12. The maximum absolute atomic E-state index is 12.7. The summed E-state index contributed by atoms with van der Waals surface area (Å²) in [5, 5.41) is 0. The van der Waals surface area contributed by atoms with Crippen molar-refractivity contribution >= 4 is 11.1 Å². The van der Waals surface area contributed by atoms with Crippen LogP contribution in [0.2, 0.25) is 0 Å². The van der Waals surface area contributed by atoms with Crippen LogP contribution in [0.15, 0.2) is 22.6 Å². The molecule has 1 heterocycles. The lowest BCUT2D eigenvalue weighted by Crippen LogP contribution is -2.06. The number of fused-ring (bicyclic) bond motifs is 1. The Morgan fingerprint density at radius 1 is 1.40 bits per heavy atom. The largest absolute Gasteiger partial charge is 0.444 e. The highest BCUT2D eigenvalue weighted by Crippen LogP contribution is 2.21. The van der Waals surface area contributed by atoms with E-state index in [1.54, 1.807) is 0 Å². The highest BCUT2D eigenvalue weighted by molar-refractivity contribution is 5.72. The van der Waals surface area contributed by atoms with Gasteiger partial charge in [-0.05, 0) is 12.1 Å². The summed E-state index contributed by atoms with van der Waals surface area (Å²) in [7, 11) is 0. The molecule has 2 rings (SSSR count). The average molecular weight is 217 g/mol. The normalized spacial score (nSPS) is 11.2. The molecule has 0 aliphatic carbocycles. The van der Waals surface area contributed by atoms with Gasteiger partial charge in [0.05, 0.1) is 0 Å². The van der Waals surface area contributed by atoms with E-state index in [4.69, 9.17) is 4.42 Å². The van der Waals surface area contributed by atoms with Crippen molar-refractivity contribution in [1.29, 1.82) is 0 Å². The van der Waals surface area contributed by atoms with Gasteiger partial charge in [-0.2, -0.15) is 4.98 Å². The van der Waals surface area contributed by atoms with E-state index in [1.165, 1.54) is 12.1 Å². The summed E-state index contributed by atoms with van der Waals surface area (Å²) in [5.41, 5.74) is 0.528. The molecule has 0 bridgehead atoms. The summed E-state index contributed by atoms with van der Waals surface area (Å²) < 4.78 is 45.7. The van der Waals surface area contributed by atoms with Gasteiger partial charge in [-0.3, -0.25) is 0 Å². The molecule has 6 heteroatoms. The first kappa shape index (κ1) is 9.82. The second-order valence-corrected chi connectivity index (χ2v) is 2.79. The number of benzene rings is 1. The van der Waals surface area contributed by atoms with Crippen LogP contribution in [0.25, 0.3) is 11.1 Å². The number of aromatic nitrogens is 1. The molecule has 2 aromatic rings. The van der Waals surface area contributed by atoms with Crippen molar-refractivity contribution in [3.05, 3.63) is 24.0 Å². The summed E-state index contributed by atoms with van der Waals surface area (Å²) in [4.78, 5) is 3.74. The zero-order valence-corrected chi connectivity index (χ0v) is 7.41. The van der Waals surface area contributed by atoms with E-state index < -0.39 is 18.8 Å². The number of ether oxygens (including phenoxy) is 1. The minimum absolute atomic E-state index is 0.166. The van der Waals surface area contributed by atoms with Crippen LogP contribution in [0, 0.1) is 5.82 Å². The van der Waals surface area contributed by atoms with Gasteiger partial charge in [-0.15, -0.1) is 0 Å². The minimum atomic E-state index is -2.60. The van der Waals surface area contributed by atoms with Crippen molar-refractivity contribution in [2.45, 2.75) is 6.43 Å². The van der Waals surface area contributed by atoms with Crippen molar-refractivity contribution in [3.63, 3.8) is 0 Å². The van der Waals surface area contributed by atoms with Crippen LogP contribution in [0.1, 0.15) is 0 Å². The SMILES string of the molecule is Fc1ccc2nc(OCC(F)F)oc2c1. The molecule has 0 radical (unpaired) electrons. The number of oxazole rings is 1. The molecule has 0 atom stereocenters. The van der Waals surface area contributed by atoms with Crippen molar-refractivity contribution in [2.75, 3.05) is 6.61 Å². The maximum atomic E-state index is 12.7. The standard InChI is InChI=1S/C9H6F3NO2/c10-5-1-2-6-7(3-5)15-9(13-6)14-4-8(11)12/h1-3,8H,4H2. The third-order valence-corrected chi connectivity index (χ3v) is 1.66. The van der Waals surface area contributed by atoms with Gasteiger partial charge in [0.2, 0.25) is 0 Å². The predicted molar refractivity (Wildman–Crippen MR) is 45.5 cm³/mol. The molecule has 0 fully saturated rings. The maximum Gasteiger partial charge on any atom is 0.394 e. The van der Waals surface area contributed by atoms with Crippen molar-refractivity contribution < 1.29 is 22.3 Å². The Morgan fingerprint density at radius 2 is 2.20 bits per heavy atom. The van der Waals surface area contributed by atoms with E-state index in [0.29, 0.717) is 5.52 Å². The summed E-state index contributed by atoms with van der Waals surface area (Å²) in [6, 6.07) is 3.68. The van der Waals surface area contributed by atoms with Crippen LogP contribution in [-0.2, 0) is 0 Å². The topological polar surface area (TPSA) is 35.3 Å². The minimum Gasteiger partial charge on any atom is -0.444 e. The van der Waals surface area contributed by atoms with Crippen molar-refractivity contribution in [3.8, 4) is 6.08 Å². The van der Waals surface area contributed by atoms with Crippen LogP contribution >= 0.6 is 0 Å². The van der Waals surface area contributed by atoms with Gasteiger partial charge >= 0.3 is 6.08 Å². The van der Waals surface area contributed by atoms with E-state index in [9.17, 15) is 13.2 Å². The average Bonchev–Trinajstić information content (AvgIpc) is 2.56. The van der Waals surface area contributed by atoms with E-state index in [0.717, 1.165) is 6.07 Å². The van der Waals surface area contributed by atoms with Crippen LogP contribution in [0.3, 0.4) is 0 Å². The Labute approximate surface area is 82.5 Å². The number of nitrogens with zero attached hydrogens (tertiary/aromatic N) is 1. The molecule has 0 N–H and O–H groups in total. The van der Waals surface area contributed by atoms with Gasteiger partial charge in [0.15, 0.2) is 12.2 Å². The highest BCUT2D eigenvalue weighted by Gasteiger charge is 2.10. The first-order chi connectivity index (χ1) is 7.15. The van der Waals surface area contributed by atoms with E-state index in [1.807, 2.05) is 0 Å². The van der Waals surface area contributed by atoms with Gasteiger partial charge in [-0.25, -0.2) is 13.2 Å². The third-order valence-electron chi connectivity index (χ3n) is 1.66. The quantitative estimate of drug-likeness (QED) is 0.792. The molecular weight excluding hydrogens is 211 g/mol. The Morgan fingerprint density at radius 3 is 2.93 bits per heavy atom. The Balaban J connectivity index is 2.23. The number of rotatable bonds is 3. The lowest BCUT2D eigenvalue weighted by Gasteiger charge is -1.97. The zero-order valence-electron chi connectivity index (χ0n) is 7.41. The predicted octanol–water partition coefficient (Wildman–Crippen LogP) is 2.61. The Kier molecular flexibility index (Phi) is 2.49. The molecular formula is C9H6F3NO2. The lowest BCUT2D eigenvalue weighted by atomic mass is 10.3. The molecule has 0 saturated heterocycles. The molecule has 0 saturated carbocycles. The molecule has 3 nitrogen and oxygen atoms in total. The second kappa shape index (κ2) is 3.80. The summed E-state index contributed by atoms with van der Waals surface area (Å²) in [5.74, 6) is -0.487. The third kappa shape index (κ3) is 2.20. The summed E-state index contributed by atoms with van der Waals surface area (Å²) in [6.07, 6.45) is -2.88. The fourth-order valence-corrected chi connectivity index (χ4v) is 1.07. The molecule has 0 aliphatic rings. The molecule has 0 unspecified atom stereocenters.